The van der Waals surface area contributed by atoms with E-state index in [2.05, 4.69) is 20.5 Å². The second-order valence-electron chi connectivity index (χ2n) is 4.23. The van der Waals surface area contributed by atoms with Gasteiger partial charge in [-0.2, -0.15) is 4.98 Å². The maximum Gasteiger partial charge on any atom is 0.337 e. The summed E-state index contributed by atoms with van der Waals surface area (Å²) in [5.74, 6) is -0.0964. The summed E-state index contributed by atoms with van der Waals surface area (Å²) in [6, 6.07) is 5.77. The number of aromatic nitrogens is 3. The van der Waals surface area contributed by atoms with Gasteiger partial charge in [0.25, 0.3) is 5.91 Å². The largest absolute Gasteiger partial charge is 0.463 e. The number of hydrogen-bond acceptors (Lipinski definition) is 4. The molecule has 0 aliphatic carbocycles. The first-order valence-electron chi connectivity index (χ1n) is 6.39. The molecular formula is C14H15ClN4O2. The Morgan fingerprint density at radius 1 is 1.52 bits per heavy atom. The first kappa shape index (κ1) is 15.1. The van der Waals surface area contributed by atoms with E-state index in [0.717, 1.165) is 11.1 Å². The average molecular weight is 307 g/mol. The lowest BCUT2D eigenvalue weighted by atomic mass is 10.1. The summed E-state index contributed by atoms with van der Waals surface area (Å²) in [6.07, 6.45) is 3.06. The van der Waals surface area contributed by atoms with Crippen molar-refractivity contribution < 1.29 is 9.53 Å². The minimum Gasteiger partial charge on any atom is -0.463 e. The Hall–Kier alpha value is -2.34. The standard InChI is InChI=1S/C14H15ClN4O2/c1-3-21-14-17-13(18-19-14)16-12(20)7-6-10-5-4-9(2)11(15)8-10/h4-8H,3H2,1-2H3,(H2,16,17,18,19,20)/b7-6+. The Balaban J connectivity index is 1.96. The molecule has 1 aromatic heterocycles. The van der Waals surface area contributed by atoms with E-state index in [0.29, 0.717) is 11.6 Å². The molecule has 2 rings (SSSR count). The Labute approximate surface area is 127 Å². The normalized spacial score (nSPS) is 10.8. The summed E-state index contributed by atoms with van der Waals surface area (Å²) in [7, 11) is 0. The zero-order valence-corrected chi connectivity index (χ0v) is 12.4. The van der Waals surface area contributed by atoms with Gasteiger partial charge in [-0.3, -0.25) is 10.1 Å². The van der Waals surface area contributed by atoms with Crippen LogP contribution in [0.3, 0.4) is 0 Å². The fraction of sp³-hybridized carbons (Fsp3) is 0.214. The van der Waals surface area contributed by atoms with E-state index in [1.807, 2.05) is 26.0 Å². The van der Waals surface area contributed by atoms with E-state index >= 15 is 0 Å². The molecule has 0 aliphatic rings. The van der Waals surface area contributed by atoms with Crippen molar-refractivity contribution in [1.29, 1.82) is 0 Å². The second kappa shape index (κ2) is 6.90. The molecule has 1 heterocycles. The zero-order chi connectivity index (χ0) is 15.2. The molecule has 0 radical (unpaired) electrons. The molecule has 1 amide bonds. The maximum absolute atomic E-state index is 11.7. The monoisotopic (exact) mass is 306 g/mol. The molecule has 0 bridgehead atoms. The van der Waals surface area contributed by atoms with Crippen molar-refractivity contribution in [3.05, 3.63) is 40.4 Å². The highest BCUT2D eigenvalue weighted by Crippen LogP contribution is 2.17. The molecule has 0 aliphatic heterocycles. The van der Waals surface area contributed by atoms with Crippen LogP contribution >= 0.6 is 11.6 Å². The number of nitrogens with one attached hydrogen (secondary N) is 2. The number of halogens is 1. The van der Waals surface area contributed by atoms with E-state index in [-0.39, 0.29) is 17.9 Å². The number of hydrogen-bond donors (Lipinski definition) is 2. The summed E-state index contributed by atoms with van der Waals surface area (Å²) in [5.41, 5.74) is 1.83. The van der Waals surface area contributed by atoms with E-state index in [1.54, 1.807) is 12.1 Å². The highest BCUT2D eigenvalue weighted by molar-refractivity contribution is 6.31. The van der Waals surface area contributed by atoms with Gasteiger partial charge in [-0.1, -0.05) is 23.7 Å². The zero-order valence-electron chi connectivity index (χ0n) is 11.7. The molecule has 1 aromatic carbocycles. The Bertz CT molecular complexity index is 667. The molecular weight excluding hydrogens is 292 g/mol. The average Bonchev–Trinajstić information content (AvgIpc) is 2.88. The van der Waals surface area contributed by atoms with Gasteiger partial charge in [0.05, 0.1) is 6.61 Å². The molecule has 2 N–H and O–H groups in total. The molecule has 0 saturated carbocycles. The number of carbonyl (C=O) groups is 1. The van der Waals surface area contributed by atoms with Gasteiger partial charge in [-0.25, -0.2) is 5.10 Å². The van der Waals surface area contributed by atoms with Gasteiger partial charge in [0, 0.05) is 11.1 Å². The first-order chi connectivity index (χ1) is 10.1. The third kappa shape index (κ3) is 4.32. The lowest BCUT2D eigenvalue weighted by molar-refractivity contribution is -0.111. The van der Waals surface area contributed by atoms with Gasteiger partial charge in [0.2, 0.25) is 5.95 Å². The molecule has 0 fully saturated rings. The number of H-pyrrole nitrogens is 1. The Morgan fingerprint density at radius 2 is 2.33 bits per heavy atom. The number of nitrogens with zero attached hydrogens (tertiary/aromatic N) is 2. The van der Waals surface area contributed by atoms with Crippen LogP contribution in [0.15, 0.2) is 24.3 Å². The van der Waals surface area contributed by atoms with Crippen molar-refractivity contribution in [2.24, 2.45) is 0 Å². The summed E-state index contributed by atoms with van der Waals surface area (Å²) in [5, 5.41) is 9.56. The molecule has 110 valence electrons. The predicted molar refractivity (Wildman–Crippen MR) is 81.4 cm³/mol. The highest BCUT2D eigenvalue weighted by atomic mass is 35.5. The van der Waals surface area contributed by atoms with Gasteiger partial charge in [-0.15, -0.1) is 5.10 Å². The Morgan fingerprint density at radius 3 is 3.05 bits per heavy atom. The molecule has 0 saturated heterocycles. The van der Waals surface area contributed by atoms with Crippen LogP contribution in [-0.4, -0.2) is 27.7 Å². The van der Waals surface area contributed by atoms with Crippen molar-refractivity contribution in [2.75, 3.05) is 11.9 Å². The van der Waals surface area contributed by atoms with Crippen LogP contribution in [0, 0.1) is 6.92 Å². The number of carbonyl (C=O) groups excluding carboxylic acids is 1. The second-order valence-corrected chi connectivity index (χ2v) is 4.64. The third-order valence-corrected chi connectivity index (χ3v) is 3.01. The van der Waals surface area contributed by atoms with E-state index in [9.17, 15) is 4.79 Å². The van der Waals surface area contributed by atoms with E-state index in [4.69, 9.17) is 16.3 Å². The van der Waals surface area contributed by atoms with Crippen molar-refractivity contribution in [1.82, 2.24) is 15.2 Å². The number of rotatable bonds is 5. The van der Waals surface area contributed by atoms with Gasteiger partial charge < -0.3 is 4.74 Å². The van der Waals surface area contributed by atoms with Crippen molar-refractivity contribution in [2.45, 2.75) is 13.8 Å². The number of aryl methyl sites for hydroxylation is 1. The topological polar surface area (TPSA) is 79.9 Å². The van der Waals surface area contributed by atoms with Gasteiger partial charge in [0.15, 0.2) is 0 Å². The van der Waals surface area contributed by atoms with Crippen LogP contribution < -0.4 is 10.1 Å². The fourth-order valence-electron chi connectivity index (χ4n) is 1.54. The molecule has 0 unspecified atom stereocenters. The van der Waals surface area contributed by atoms with Crippen LogP contribution in [0.25, 0.3) is 6.08 Å². The minimum absolute atomic E-state index is 0.196. The summed E-state index contributed by atoms with van der Waals surface area (Å²) in [4.78, 5) is 15.7. The molecule has 0 spiro atoms. The van der Waals surface area contributed by atoms with Crippen molar-refractivity contribution in [3.63, 3.8) is 0 Å². The van der Waals surface area contributed by atoms with E-state index in [1.165, 1.54) is 6.08 Å². The quantitative estimate of drug-likeness (QED) is 0.832. The summed E-state index contributed by atoms with van der Waals surface area (Å²) >= 11 is 6.02. The number of anilines is 1. The van der Waals surface area contributed by atoms with Crippen LogP contribution in [0.1, 0.15) is 18.1 Å². The number of ether oxygens (including phenoxy) is 1. The van der Waals surface area contributed by atoms with Gasteiger partial charge in [0.1, 0.15) is 0 Å². The molecule has 21 heavy (non-hydrogen) atoms. The minimum atomic E-state index is -0.328. The molecule has 6 nitrogen and oxygen atoms in total. The maximum atomic E-state index is 11.7. The lowest BCUT2D eigenvalue weighted by Gasteiger charge is -1.99. The summed E-state index contributed by atoms with van der Waals surface area (Å²) < 4.78 is 5.08. The SMILES string of the molecule is CCOc1n[nH]c(NC(=O)/C=C/c2ccc(C)c(Cl)c2)n1. The lowest BCUT2D eigenvalue weighted by Crippen LogP contribution is -2.09. The number of amides is 1. The Kier molecular flexibility index (Phi) is 4.94. The van der Waals surface area contributed by atoms with E-state index < -0.39 is 0 Å². The van der Waals surface area contributed by atoms with Crippen molar-refractivity contribution in [3.8, 4) is 6.01 Å². The van der Waals surface area contributed by atoms with Crippen molar-refractivity contribution >= 4 is 29.5 Å². The number of aromatic amines is 1. The van der Waals surface area contributed by atoms with Crippen LogP contribution in [0.2, 0.25) is 5.02 Å². The number of benzene rings is 1. The smallest absolute Gasteiger partial charge is 0.337 e. The fourth-order valence-corrected chi connectivity index (χ4v) is 1.73. The van der Waals surface area contributed by atoms with Crippen LogP contribution in [0.4, 0.5) is 5.95 Å². The molecule has 7 heteroatoms. The third-order valence-electron chi connectivity index (χ3n) is 2.60. The summed E-state index contributed by atoms with van der Waals surface area (Å²) in [6.45, 7) is 4.20. The predicted octanol–water partition coefficient (Wildman–Crippen LogP) is 2.82. The molecule has 2 aromatic rings. The van der Waals surface area contributed by atoms with Gasteiger partial charge >= 0.3 is 6.01 Å². The molecule has 0 atom stereocenters. The van der Waals surface area contributed by atoms with Crippen LogP contribution in [-0.2, 0) is 4.79 Å². The first-order valence-corrected chi connectivity index (χ1v) is 6.76. The highest BCUT2D eigenvalue weighted by Gasteiger charge is 2.05. The van der Waals surface area contributed by atoms with Gasteiger partial charge in [-0.05, 0) is 37.1 Å². The van der Waals surface area contributed by atoms with Crippen LogP contribution in [0.5, 0.6) is 6.01 Å².